The molecule has 6 heteroatoms. The fourth-order valence-corrected chi connectivity index (χ4v) is 2.70. The second-order valence-corrected chi connectivity index (χ2v) is 5.68. The molecule has 0 amide bonds. The molecule has 0 radical (unpaired) electrons. The van der Waals surface area contributed by atoms with Crippen LogP contribution in [0.4, 0.5) is 13.2 Å². The summed E-state index contributed by atoms with van der Waals surface area (Å²) in [7, 11) is 1.53. The van der Waals surface area contributed by atoms with E-state index >= 15 is 0 Å². The molecule has 0 aliphatic carbocycles. The number of hydrogen-bond acceptors (Lipinski definition) is 3. The van der Waals surface area contributed by atoms with Crippen LogP contribution in [0.3, 0.4) is 0 Å². The number of benzene rings is 1. The number of hydrogen-bond donors (Lipinski definition) is 1. The van der Waals surface area contributed by atoms with Gasteiger partial charge in [-0.05, 0) is 30.5 Å². The van der Waals surface area contributed by atoms with Crippen molar-refractivity contribution < 1.29 is 17.9 Å². The number of nitrogens with two attached hydrogens (primary N) is 1. The Balaban J connectivity index is 2.95. The van der Waals surface area contributed by atoms with Gasteiger partial charge in [-0.2, -0.15) is 13.2 Å². The molecular formula is C14H20F3NOS. The average molecular weight is 307 g/mol. The van der Waals surface area contributed by atoms with Gasteiger partial charge in [-0.25, -0.2) is 0 Å². The topological polar surface area (TPSA) is 35.2 Å². The second-order valence-electron chi connectivity index (χ2n) is 4.54. The quantitative estimate of drug-likeness (QED) is 0.616. The Morgan fingerprint density at radius 2 is 2.05 bits per heavy atom. The van der Waals surface area contributed by atoms with Gasteiger partial charge in [0.15, 0.2) is 0 Å². The van der Waals surface area contributed by atoms with Gasteiger partial charge in [-0.3, -0.25) is 0 Å². The fraction of sp³-hybridized carbons (Fsp3) is 0.571. The molecule has 1 aromatic rings. The summed E-state index contributed by atoms with van der Waals surface area (Å²) in [5.74, 6) is 0.493. The minimum Gasteiger partial charge on any atom is -0.384 e. The molecule has 0 aliphatic rings. The number of ether oxygens (including phenoxy) is 1. The van der Waals surface area contributed by atoms with Crippen LogP contribution >= 0.6 is 11.8 Å². The van der Waals surface area contributed by atoms with Gasteiger partial charge in [0.25, 0.3) is 0 Å². The molecule has 2 N–H and O–H groups in total. The van der Waals surface area contributed by atoms with Crippen molar-refractivity contribution in [3.05, 3.63) is 29.3 Å². The molecule has 1 aromatic carbocycles. The third-order valence-electron chi connectivity index (χ3n) is 2.92. The molecule has 2 nitrogen and oxygen atoms in total. The molecule has 0 fully saturated rings. The maximum atomic E-state index is 13.1. The first-order valence-electron chi connectivity index (χ1n) is 6.46. The zero-order valence-electron chi connectivity index (χ0n) is 11.7. The molecule has 0 heterocycles. The van der Waals surface area contributed by atoms with Crippen molar-refractivity contribution in [2.45, 2.75) is 36.9 Å². The summed E-state index contributed by atoms with van der Waals surface area (Å²) in [4.78, 5) is 0.239. The first kappa shape index (κ1) is 17.3. The van der Waals surface area contributed by atoms with E-state index in [2.05, 4.69) is 0 Å². The maximum absolute atomic E-state index is 13.1. The van der Waals surface area contributed by atoms with Crippen LogP contribution in [-0.4, -0.2) is 25.5 Å². The first-order valence-corrected chi connectivity index (χ1v) is 7.44. The van der Waals surface area contributed by atoms with Crippen LogP contribution in [0.1, 0.15) is 24.5 Å². The standard InChI is InChI=1S/C14H20F3NOS/c1-3-11(18)8-10-4-5-13(20-7-6-19-2)12(9-10)14(15,16)17/h4-5,9,11H,3,6-8,18H2,1-2H3. The van der Waals surface area contributed by atoms with Gasteiger partial charge in [0, 0.05) is 23.8 Å². The van der Waals surface area contributed by atoms with Crippen molar-refractivity contribution in [3.8, 4) is 0 Å². The number of alkyl halides is 3. The molecular weight excluding hydrogens is 287 g/mol. The lowest BCUT2D eigenvalue weighted by Gasteiger charge is -2.15. The predicted octanol–water partition coefficient (Wildman–Crippen LogP) is 3.72. The monoisotopic (exact) mass is 307 g/mol. The van der Waals surface area contributed by atoms with E-state index in [1.165, 1.54) is 19.2 Å². The van der Waals surface area contributed by atoms with Gasteiger partial charge in [0.05, 0.1) is 12.2 Å². The highest BCUT2D eigenvalue weighted by molar-refractivity contribution is 7.99. The Kier molecular flexibility index (Phi) is 6.85. The number of halogens is 3. The van der Waals surface area contributed by atoms with Crippen LogP contribution in [0, 0.1) is 0 Å². The van der Waals surface area contributed by atoms with Gasteiger partial charge < -0.3 is 10.5 Å². The molecule has 20 heavy (non-hydrogen) atoms. The molecule has 114 valence electrons. The van der Waals surface area contributed by atoms with E-state index < -0.39 is 11.7 Å². The van der Waals surface area contributed by atoms with Crippen LogP contribution in [-0.2, 0) is 17.3 Å². The zero-order chi connectivity index (χ0) is 15.2. The van der Waals surface area contributed by atoms with E-state index in [0.29, 0.717) is 24.3 Å². The smallest absolute Gasteiger partial charge is 0.384 e. The molecule has 0 saturated heterocycles. The van der Waals surface area contributed by atoms with E-state index in [4.69, 9.17) is 10.5 Å². The highest BCUT2D eigenvalue weighted by Gasteiger charge is 2.33. The Hall–Kier alpha value is -0.720. The van der Waals surface area contributed by atoms with E-state index in [9.17, 15) is 13.2 Å². The van der Waals surface area contributed by atoms with Crippen LogP contribution < -0.4 is 5.73 Å². The Labute approximate surface area is 121 Å². The highest BCUT2D eigenvalue weighted by atomic mass is 32.2. The zero-order valence-corrected chi connectivity index (χ0v) is 12.5. The second kappa shape index (κ2) is 7.90. The SMILES string of the molecule is CCC(N)Cc1ccc(SCCOC)c(C(F)(F)F)c1. The third kappa shape index (κ3) is 5.34. The summed E-state index contributed by atoms with van der Waals surface area (Å²) in [5, 5.41) is 0. The minimum atomic E-state index is -4.35. The Morgan fingerprint density at radius 3 is 2.60 bits per heavy atom. The molecule has 0 aromatic heterocycles. The highest BCUT2D eigenvalue weighted by Crippen LogP contribution is 2.37. The average Bonchev–Trinajstić information content (AvgIpc) is 2.39. The summed E-state index contributed by atoms with van der Waals surface area (Å²) >= 11 is 1.16. The number of thioether (sulfide) groups is 1. The van der Waals surface area contributed by atoms with Gasteiger partial charge in [0.2, 0.25) is 0 Å². The van der Waals surface area contributed by atoms with Crippen LogP contribution in [0.25, 0.3) is 0 Å². The van der Waals surface area contributed by atoms with Gasteiger partial charge in [-0.1, -0.05) is 13.0 Å². The number of rotatable bonds is 7. The maximum Gasteiger partial charge on any atom is 0.417 e. The predicted molar refractivity (Wildman–Crippen MR) is 76.0 cm³/mol. The fourth-order valence-electron chi connectivity index (χ4n) is 1.73. The normalized spacial score (nSPS) is 13.5. The Morgan fingerprint density at radius 1 is 1.35 bits per heavy atom. The first-order chi connectivity index (χ1) is 9.38. The lowest BCUT2D eigenvalue weighted by atomic mass is 10.0. The van der Waals surface area contributed by atoms with Crippen molar-refractivity contribution >= 4 is 11.8 Å². The molecule has 1 rings (SSSR count). The van der Waals surface area contributed by atoms with E-state index in [1.54, 1.807) is 6.07 Å². The van der Waals surface area contributed by atoms with Crippen LogP contribution in [0.5, 0.6) is 0 Å². The molecule has 0 spiro atoms. The van der Waals surface area contributed by atoms with E-state index in [1.807, 2.05) is 6.92 Å². The van der Waals surface area contributed by atoms with E-state index in [-0.39, 0.29) is 10.9 Å². The van der Waals surface area contributed by atoms with Crippen molar-refractivity contribution in [2.24, 2.45) is 5.73 Å². The molecule has 0 aliphatic heterocycles. The Bertz CT molecular complexity index is 423. The van der Waals surface area contributed by atoms with Gasteiger partial charge in [-0.15, -0.1) is 11.8 Å². The van der Waals surface area contributed by atoms with Crippen molar-refractivity contribution in [2.75, 3.05) is 19.5 Å². The molecule has 1 unspecified atom stereocenters. The van der Waals surface area contributed by atoms with E-state index in [0.717, 1.165) is 18.2 Å². The summed E-state index contributed by atoms with van der Waals surface area (Å²) in [6, 6.07) is 4.36. The van der Waals surface area contributed by atoms with Gasteiger partial charge >= 0.3 is 6.18 Å². The summed E-state index contributed by atoms with van der Waals surface area (Å²) in [6.45, 7) is 2.34. The van der Waals surface area contributed by atoms with Crippen LogP contribution in [0.15, 0.2) is 23.1 Å². The molecule has 0 bridgehead atoms. The van der Waals surface area contributed by atoms with Crippen molar-refractivity contribution in [3.63, 3.8) is 0 Å². The van der Waals surface area contributed by atoms with Crippen LogP contribution in [0.2, 0.25) is 0 Å². The minimum absolute atomic E-state index is 0.108. The summed E-state index contributed by atoms with van der Waals surface area (Å²) in [6.07, 6.45) is -3.14. The van der Waals surface area contributed by atoms with Crippen molar-refractivity contribution in [1.29, 1.82) is 0 Å². The third-order valence-corrected chi connectivity index (χ3v) is 3.95. The molecule has 1 atom stereocenters. The van der Waals surface area contributed by atoms with Gasteiger partial charge in [0.1, 0.15) is 0 Å². The lowest BCUT2D eigenvalue weighted by Crippen LogP contribution is -2.21. The summed E-state index contributed by atoms with van der Waals surface area (Å²) in [5.41, 5.74) is 5.84. The van der Waals surface area contributed by atoms with Crippen molar-refractivity contribution in [1.82, 2.24) is 0 Å². The summed E-state index contributed by atoms with van der Waals surface area (Å²) < 4.78 is 44.1. The molecule has 0 saturated carbocycles. The lowest BCUT2D eigenvalue weighted by molar-refractivity contribution is -0.139. The number of methoxy groups -OCH3 is 1. The largest absolute Gasteiger partial charge is 0.417 e.